The van der Waals surface area contributed by atoms with Crippen LogP contribution >= 0.6 is 11.6 Å². The van der Waals surface area contributed by atoms with Crippen LogP contribution in [0.1, 0.15) is 36.6 Å². The molecule has 1 aliphatic carbocycles. The first-order valence-corrected chi connectivity index (χ1v) is 11.0. The molecule has 3 N–H and O–H groups in total. The predicted molar refractivity (Wildman–Crippen MR) is 124 cm³/mol. The highest BCUT2D eigenvalue weighted by molar-refractivity contribution is 6.36. The first-order chi connectivity index (χ1) is 14.0. The second-order valence-electron chi connectivity index (χ2n) is 8.02. The minimum absolute atomic E-state index is 0.632. The number of aromatic nitrogens is 1. The normalized spacial score (nSPS) is 15.8. The molecule has 1 heterocycles. The molecule has 156 valence electrons. The second kappa shape index (κ2) is 10.1. The summed E-state index contributed by atoms with van der Waals surface area (Å²) in [4.78, 5) is 7.28. The van der Waals surface area contributed by atoms with E-state index >= 15 is 0 Å². The molecule has 3 rings (SSSR count). The fraction of sp³-hybridized carbons (Fsp3) is 0.458. The van der Waals surface area contributed by atoms with Gasteiger partial charge in [-0.1, -0.05) is 36.9 Å². The molecule has 1 aromatic carbocycles. The minimum Gasteiger partial charge on any atom is -0.390 e. The van der Waals surface area contributed by atoms with Crippen molar-refractivity contribution in [2.24, 2.45) is 11.7 Å². The molecule has 0 saturated carbocycles. The summed E-state index contributed by atoms with van der Waals surface area (Å²) in [6.45, 7) is 13.3. The fourth-order valence-electron chi connectivity index (χ4n) is 4.20. The Morgan fingerprint density at radius 3 is 2.97 bits per heavy atom. The molecule has 1 aliphatic rings. The number of hydrogen-bond donors (Lipinski definition) is 2. The molecular formula is C24H33ClN4. The molecule has 0 aliphatic heterocycles. The predicted octanol–water partition coefficient (Wildman–Crippen LogP) is 4.45. The van der Waals surface area contributed by atoms with E-state index in [9.17, 15) is 0 Å². The van der Waals surface area contributed by atoms with E-state index in [1.807, 2.05) is 0 Å². The van der Waals surface area contributed by atoms with Crippen LogP contribution in [0.4, 0.5) is 0 Å². The Labute approximate surface area is 179 Å². The summed E-state index contributed by atoms with van der Waals surface area (Å²) in [5.41, 5.74) is 11.5. The van der Waals surface area contributed by atoms with Crippen molar-refractivity contribution in [2.75, 3.05) is 26.2 Å². The van der Waals surface area contributed by atoms with Gasteiger partial charge in [0.2, 0.25) is 0 Å². The molecule has 29 heavy (non-hydrogen) atoms. The molecule has 1 aromatic heterocycles. The molecular weight excluding hydrogens is 380 g/mol. The van der Waals surface area contributed by atoms with E-state index in [-0.39, 0.29) is 0 Å². The maximum absolute atomic E-state index is 6.81. The molecule has 0 radical (unpaired) electrons. The molecule has 0 bridgehead atoms. The summed E-state index contributed by atoms with van der Waals surface area (Å²) in [7, 11) is 0. The number of hydrogen-bond acceptors (Lipinski definition) is 4. The number of nitrogens with two attached hydrogens (primary N) is 1. The van der Waals surface area contributed by atoms with Crippen LogP contribution in [0, 0.1) is 5.92 Å². The number of rotatable bonds is 10. The van der Waals surface area contributed by atoms with E-state index in [0.717, 1.165) is 79.9 Å². The quantitative estimate of drug-likeness (QED) is 0.566. The van der Waals surface area contributed by atoms with Crippen molar-refractivity contribution < 1.29 is 0 Å². The van der Waals surface area contributed by atoms with Crippen molar-refractivity contribution in [3.8, 4) is 0 Å². The number of nitrogens with one attached hydrogen (secondary N) is 1. The molecule has 1 unspecified atom stereocenters. The Balaban J connectivity index is 1.75. The average Bonchev–Trinajstić information content (AvgIpc) is 2.71. The van der Waals surface area contributed by atoms with Gasteiger partial charge in [-0.15, -0.1) is 0 Å². The molecule has 1 atom stereocenters. The van der Waals surface area contributed by atoms with Gasteiger partial charge < -0.3 is 16.0 Å². The number of allylic oxidation sites excluding steroid dienone is 1. The van der Waals surface area contributed by atoms with Gasteiger partial charge in [0.15, 0.2) is 0 Å². The van der Waals surface area contributed by atoms with Gasteiger partial charge in [-0.2, -0.15) is 0 Å². The van der Waals surface area contributed by atoms with Gasteiger partial charge in [0.05, 0.1) is 10.5 Å². The monoisotopic (exact) mass is 412 g/mol. The van der Waals surface area contributed by atoms with Gasteiger partial charge >= 0.3 is 0 Å². The molecule has 5 heteroatoms. The Bertz CT molecular complexity index is 877. The van der Waals surface area contributed by atoms with Crippen molar-refractivity contribution in [3.05, 3.63) is 65.1 Å². The maximum atomic E-state index is 6.81. The molecule has 0 fully saturated rings. The molecule has 2 aromatic rings. The van der Waals surface area contributed by atoms with Gasteiger partial charge in [0, 0.05) is 36.4 Å². The molecule has 0 saturated heterocycles. The number of nitrogens with zero attached hydrogens (tertiary/aromatic N) is 2. The Hall–Kier alpha value is -2.04. The van der Waals surface area contributed by atoms with Gasteiger partial charge in [-0.05, 0) is 74.9 Å². The first kappa shape index (κ1) is 21.7. The standard InChI is InChI=1S/C24H33ClN4/c1-4-27-12-14-29(17(2)3)13-10-19-5-7-20-23(16-19)28-22-8-6-18(9-11-26)15-21(22)24(20)25/h4-5,7,16,18,27H,1-2,6,8-15,26H2,3H3. The maximum Gasteiger partial charge on any atom is 0.0723 e. The van der Waals surface area contributed by atoms with Crippen LogP contribution in [0.2, 0.25) is 5.02 Å². The zero-order valence-corrected chi connectivity index (χ0v) is 18.3. The SMILES string of the molecule is C=CNCCN(CCc1ccc2c(Cl)c3c(nc2c1)CCC(CCN)C3)C(=C)C. The topological polar surface area (TPSA) is 54.2 Å². The van der Waals surface area contributed by atoms with Crippen LogP contribution in [0.15, 0.2) is 43.3 Å². The minimum atomic E-state index is 0.632. The van der Waals surface area contributed by atoms with E-state index < -0.39 is 0 Å². The summed E-state index contributed by atoms with van der Waals surface area (Å²) in [6.07, 6.45) is 6.90. The van der Waals surface area contributed by atoms with Crippen LogP contribution in [0.25, 0.3) is 10.9 Å². The van der Waals surface area contributed by atoms with Gasteiger partial charge in [-0.3, -0.25) is 4.98 Å². The lowest BCUT2D eigenvalue weighted by Crippen LogP contribution is -2.30. The summed E-state index contributed by atoms with van der Waals surface area (Å²) in [5.74, 6) is 0.632. The number of pyridine rings is 1. The van der Waals surface area contributed by atoms with Gasteiger partial charge in [0.25, 0.3) is 0 Å². The van der Waals surface area contributed by atoms with Gasteiger partial charge in [-0.25, -0.2) is 0 Å². The van der Waals surface area contributed by atoms with Gasteiger partial charge in [0.1, 0.15) is 0 Å². The lowest BCUT2D eigenvalue weighted by atomic mass is 9.84. The van der Waals surface area contributed by atoms with Crippen molar-refractivity contribution in [3.63, 3.8) is 0 Å². The molecule has 4 nitrogen and oxygen atoms in total. The lowest BCUT2D eigenvalue weighted by Gasteiger charge is -2.26. The zero-order valence-electron chi connectivity index (χ0n) is 17.5. The van der Waals surface area contributed by atoms with Crippen molar-refractivity contribution in [2.45, 2.75) is 39.0 Å². The van der Waals surface area contributed by atoms with E-state index in [0.29, 0.717) is 5.92 Å². The highest BCUT2D eigenvalue weighted by Gasteiger charge is 2.23. The number of benzene rings is 1. The lowest BCUT2D eigenvalue weighted by molar-refractivity contribution is 0.352. The van der Waals surface area contributed by atoms with Crippen LogP contribution in [0.5, 0.6) is 0 Å². The average molecular weight is 413 g/mol. The van der Waals surface area contributed by atoms with Crippen LogP contribution in [-0.4, -0.2) is 36.1 Å². The van der Waals surface area contributed by atoms with Crippen LogP contribution in [0.3, 0.4) is 0 Å². The van der Waals surface area contributed by atoms with Crippen molar-refractivity contribution in [1.29, 1.82) is 0 Å². The summed E-state index contributed by atoms with van der Waals surface area (Å²) in [6, 6.07) is 6.52. The second-order valence-corrected chi connectivity index (χ2v) is 8.40. The Kier molecular flexibility index (Phi) is 7.57. The Morgan fingerprint density at radius 1 is 1.41 bits per heavy atom. The Morgan fingerprint density at radius 2 is 2.24 bits per heavy atom. The largest absolute Gasteiger partial charge is 0.390 e. The highest BCUT2D eigenvalue weighted by atomic mass is 35.5. The number of halogens is 1. The van der Waals surface area contributed by atoms with E-state index in [1.54, 1.807) is 6.20 Å². The smallest absolute Gasteiger partial charge is 0.0723 e. The number of aryl methyl sites for hydroxylation is 1. The third-order valence-corrected chi connectivity index (χ3v) is 6.34. The summed E-state index contributed by atoms with van der Waals surface area (Å²) in [5, 5.41) is 5.10. The fourth-order valence-corrected chi connectivity index (χ4v) is 4.55. The summed E-state index contributed by atoms with van der Waals surface area (Å²) < 4.78 is 0. The van der Waals surface area contributed by atoms with Crippen molar-refractivity contribution >= 4 is 22.5 Å². The number of fused-ring (bicyclic) bond motifs is 2. The zero-order chi connectivity index (χ0) is 20.8. The third-order valence-electron chi connectivity index (χ3n) is 5.91. The highest BCUT2D eigenvalue weighted by Crippen LogP contribution is 2.35. The molecule has 0 amide bonds. The van der Waals surface area contributed by atoms with Crippen molar-refractivity contribution in [1.82, 2.24) is 15.2 Å². The summed E-state index contributed by atoms with van der Waals surface area (Å²) >= 11 is 6.81. The molecule has 0 spiro atoms. The van der Waals surface area contributed by atoms with E-state index in [4.69, 9.17) is 22.3 Å². The first-order valence-electron chi connectivity index (χ1n) is 10.6. The van der Waals surface area contributed by atoms with Crippen LogP contribution < -0.4 is 11.1 Å². The third kappa shape index (κ3) is 5.31. The van der Waals surface area contributed by atoms with E-state index in [1.165, 1.54) is 16.8 Å². The van der Waals surface area contributed by atoms with Crippen LogP contribution in [-0.2, 0) is 19.3 Å². The van der Waals surface area contributed by atoms with E-state index in [2.05, 4.69) is 48.5 Å².